The molecule has 0 saturated carbocycles. The van der Waals surface area contributed by atoms with Crippen LogP contribution in [0, 0.1) is 17.0 Å². The van der Waals surface area contributed by atoms with Crippen molar-refractivity contribution in [2.45, 2.75) is 26.3 Å². The van der Waals surface area contributed by atoms with Crippen LogP contribution >= 0.6 is 0 Å². The Labute approximate surface area is 135 Å². The summed E-state index contributed by atoms with van der Waals surface area (Å²) in [5, 5.41) is 16.9. The van der Waals surface area contributed by atoms with Crippen LogP contribution in [-0.4, -0.2) is 64.6 Å². The maximum absolute atomic E-state index is 11.8. The van der Waals surface area contributed by atoms with E-state index in [1.807, 2.05) is 0 Å². The molecule has 0 spiro atoms. The number of hydrogen-bond acceptors (Lipinski definition) is 6. The van der Waals surface area contributed by atoms with Crippen molar-refractivity contribution in [2.24, 2.45) is 0 Å². The Morgan fingerprint density at radius 2 is 2.17 bits per heavy atom. The zero-order valence-electron chi connectivity index (χ0n) is 13.5. The minimum atomic E-state index is -0.528. The minimum absolute atomic E-state index is 0.0407. The van der Waals surface area contributed by atoms with Crippen molar-refractivity contribution in [3.05, 3.63) is 22.1 Å². The summed E-state index contributed by atoms with van der Waals surface area (Å²) in [5.41, 5.74) is 0. The summed E-state index contributed by atoms with van der Waals surface area (Å²) in [6.45, 7) is 7.93. The third-order valence-electron chi connectivity index (χ3n) is 3.91. The molecule has 0 aromatic carbocycles. The first-order valence-electron chi connectivity index (χ1n) is 7.94. The lowest BCUT2D eigenvalue weighted by atomic mass is 10.3. The molecule has 1 saturated heterocycles. The molecule has 1 aliphatic heterocycles. The highest BCUT2D eigenvalue weighted by Crippen LogP contribution is 2.10. The molecular weight excluding hydrogens is 300 g/mol. The van der Waals surface area contributed by atoms with E-state index < -0.39 is 4.92 Å². The zero-order valence-corrected chi connectivity index (χ0v) is 13.5. The summed E-state index contributed by atoms with van der Waals surface area (Å²) in [6.07, 6.45) is 2.59. The molecule has 2 N–H and O–H groups in total. The van der Waals surface area contributed by atoms with Crippen molar-refractivity contribution in [1.29, 1.82) is 0 Å². The van der Waals surface area contributed by atoms with Crippen molar-refractivity contribution in [2.75, 3.05) is 39.3 Å². The number of piperazine rings is 1. The fourth-order valence-corrected chi connectivity index (χ4v) is 2.58. The van der Waals surface area contributed by atoms with E-state index in [0.717, 1.165) is 39.1 Å². The fourth-order valence-electron chi connectivity index (χ4n) is 2.58. The molecule has 9 heteroatoms. The average Bonchev–Trinajstić information content (AvgIpc) is 2.92. The highest BCUT2D eigenvalue weighted by molar-refractivity contribution is 5.75. The van der Waals surface area contributed by atoms with Gasteiger partial charge in [-0.15, -0.1) is 0 Å². The molecule has 1 fully saturated rings. The van der Waals surface area contributed by atoms with Crippen molar-refractivity contribution < 1.29 is 9.72 Å². The van der Waals surface area contributed by atoms with E-state index in [-0.39, 0.29) is 11.7 Å². The fraction of sp³-hybridized carbons (Fsp3) is 0.714. The maximum atomic E-state index is 11.8. The number of carbonyl (C=O) groups is 1. The monoisotopic (exact) mass is 324 g/mol. The second-order valence-electron chi connectivity index (χ2n) is 5.64. The molecule has 23 heavy (non-hydrogen) atoms. The lowest BCUT2D eigenvalue weighted by molar-refractivity contribution is -0.389. The number of amides is 1. The summed E-state index contributed by atoms with van der Waals surface area (Å²) in [5.74, 6) is 0.322. The molecule has 0 atom stereocenters. The van der Waals surface area contributed by atoms with E-state index in [4.69, 9.17) is 0 Å². The van der Waals surface area contributed by atoms with Crippen molar-refractivity contribution in [3.8, 4) is 0 Å². The van der Waals surface area contributed by atoms with E-state index >= 15 is 0 Å². The molecular formula is C14H24N6O3. The zero-order chi connectivity index (χ0) is 16.7. The summed E-state index contributed by atoms with van der Waals surface area (Å²) in [6, 6.07) is 0. The number of nitrogens with one attached hydrogen (secondary N) is 2. The van der Waals surface area contributed by atoms with Crippen LogP contribution < -0.4 is 10.6 Å². The van der Waals surface area contributed by atoms with Gasteiger partial charge in [0.05, 0.1) is 0 Å². The molecule has 1 aliphatic rings. The lowest BCUT2D eigenvalue weighted by Crippen LogP contribution is -2.44. The summed E-state index contributed by atoms with van der Waals surface area (Å²) >= 11 is 0. The van der Waals surface area contributed by atoms with E-state index in [2.05, 4.69) is 20.5 Å². The molecule has 0 unspecified atom stereocenters. The molecule has 2 heterocycles. The second-order valence-corrected chi connectivity index (χ2v) is 5.64. The molecule has 1 aromatic rings. The Bertz CT molecular complexity index is 539. The number of hydrogen-bond donors (Lipinski definition) is 2. The van der Waals surface area contributed by atoms with Crippen LogP contribution in [-0.2, 0) is 11.3 Å². The van der Waals surface area contributed by atoms with Gasteiger partial charge in [-0.2, -0.15) is 0 Å². The van der Waals surface area contributed by atoms with Crippen LogP contribution in [0.25, 0.3) is 0 Å². The highest BCUT2D eigenvalue weighted by Gasteiger charge is 2.15. The van der Waals surface area contributed by atoms with Gasteiger partial charge in [-0.1, -0.05) is 0 Å². The van der Waals surface area contributed by atoms with Crippen molar-refractivity contribution >= 4 is 11.7 Å². The number of nitro groups is 1. The topological polar surface area (TPSA) is 105 Å². The van der Waals surface area contributed by atoms with Gasteiger partial charge in [0.15, 0.2) is 0 Å². The van der Waals surface area contributed by atoms with Crippen LogP contribution in [0.2, 0.25) is 0 Å². The van der Waals surface area contributed by atoms with Crippen molar-refractivity contribution in [1.82, 2.24) is 25.1 Å². The Hall–Kier alpha value is -2.00. The number of imidazole rings is 1. The number of rotatable bonds is 8. The summed E-state index contributed by atoms with van der Waals surface area (Å²) in [7, 11) is 0. The largest absolute Gasteiger partial charge is 0.381 e. The SMILES string of the molecule is Cc1nc([N+](=O)[O-])cn1CCC(=O)NCCCN1CCNCC1. The molecule has 0 aliphatic carbocycles. The number of aromatic nitrogens is 2. The predicted octanol–water partition coefficient (Wildman–Crippen LogP) is -0.0987. The molecule has 0 radical (unpaired) electrons. The molecule has 2 rings (SSSR count). The number of carbonyl (C=O) groups excluding carboxylic acids is 1. The van der Waals surface area contributed by atoms with Crippen LogP contribution in [0.3, 0.4) is 0 Å². The van der Waals surface area contributed by atoms with Gasteiger partial charge in [0, 0.05) is 52.6 Å². The van der Waals surface area contributed by atoms with E-state index in [1.54, 1.807) is 11.5 Å². The van der Waals surface area contributed by atoms with Gasteiger partial charge < -0.3 is 30.2 Å². The standard InChI is InChI=1S/C14H24N6O3/c1-12-17-13(20(22)23)11-19(12)8-3-14(21)16-4-2-7-18-9-5-15-6-10-18/h11,15H,2-10H2,1H3,(H,16,21). The van der Waals surface area contributed by atoms with Gasteiger partial charge in [-0.3, -0.25) is 4.79 Å². The smallest absolute Gasteiger partial charge is 0.358 e. The van der Waals surface area contributed by atoms with Gasteiger partial charge in [-0.05, 0) is 22.9 Å². The van der Waals surface area contributed by atoms with Crippen LogP contribution in [0.4, 0.5) is 5.82 Å². The van der Waals surface area contributed by atoms with Gasteiger partial charge in [0.25, 0.3) is 0 Å². The Morgan fingerprint density at radius 3 is 2.83 bits per heavy atom. The quantitative estimate of drug-likeness (QED) is 0.393. The Balaban J connectivity index is 1.62. The van der Waals surface area contributed by atoms with Gasteiger partial charge in [0.2, 0.25) is 11.7 Å². The van der Waals surface area contributed by atoms with E-state index in [9.17, 15) is 14.9 Å². The molecule has 1 aromatic heterocycles. The maximum Gasteiger partial charge on any atom is 0.381 e. The normalized spacial score (nSPS) is 15.5. The third-order valence-corrected chi connectivity index (χ3v) is 3.91. The highest BCUT2D eigenvalue weighted by atomic mass is 16.6. The first kappa shape index (κ1) is 17.4. The number of nitrogens with zero attached hydrogens (tertiary/aromatic N) is 4. The summed E-state index contributed by atoms with van der Waals surface area (Å²) < 4.78 is 1.64. The van der Waals surface area contributed by atoms with E-state index in [1.165, 1.54) is 6.20 Å². The first-order chi connectivity index (χ1) is 11.1. The molecule has 128 valence electrons. The third kappa shape index (κ3) is 5.61. The average molecular weight is 324 g/mol. The number of aryl methyl sites for hydroxylation is 2. The Morgan fingerprint density at radius 1 is 1.43 bits per heavy atom. The lowest BCUT2D eigenvalue weighted by Gasteiger charge is -2.27. The van der Waals surface area contributed by atoms with Gasteiger partial charge >= 0.3 is 5.82 Å². The van der Waals surface area contributed by atoms with Crippen LogP contribution in [0.5, 0.6) is 0 Å². The molecule has 1 amide bonds. The van der Waals surface area contributed by atoms with Gasteiger partial charge in [0.1, 0.15) is 6.20 Å². The van der Waals surface area contributed by atoms with Crippen molar-refractivity contribution in [3.63, 3.8) is 0 Å². The van der Waals surface area contributed by atoms with Crippen LogP contribution in [0.15, 0.2) is 6.20 Å². The second kappa shape index (κ2) is 8.59. The van der Waals surface area contributed by atoms with Gasteiger partial charge in [-0.25, -0.2) is 0 Å². The Kier molecular flexibility index (Phi) is 6.48. The van der Waals surface area contributed by atoms with Crippen LogP contribution in [0.1, 0.15) is 18.7 Å². The predicted molar refractivity (Wildman–Crippen MR) is 85.2 cm³/mol. The minimum Gasteiger partial charge on any atom is -0.358 e. The summed E-state index contributed by atoms with van der Waals surface area (Å²) in [4.78, 5) is 28.2. The molecule has 9 nitrogen and oxygen atoms in total. The van der Waals surface area contributed by atoms with E-state index in [0.29, 0.717) is 25.3 Å². The first-order valence-corrected chi connectivity index (χ1v) is 7.94. The molecule has 0 bridgehead atoms.